The molecule has 1 heterocycles. The highest BCUT2D eigenvalue weighted by atomic mass is 32.2. The number of sulfonamides is 1. The van der Waals surface area contributed by atoms with Gasteiger partial charge in [0.15, 0.2) is 0 Å². The number of hydrogen-bond donors (Lipinski definition) is 2. The zero-order valence-electron chi connectivity index (χ0n) is 10.2. The van der Waals surface area contributed by atoms with Crippen LogP contribution in [0.1, 0.15) is 6.92 Å². The Balaban J connectivity index is 2.52. The molecule has 0 saturated heterocycles. The summed E-state index contributed by atoms with van der Waals surface area (Å²) in [5, 5.41) is 1.37. The Hall–Kier alpha value is -1.57. The summed E-state index contributed by atoms with van der Waals surface area (Å²) in [5.41, 5.74) is 5.43. The maximum atomic E-state index is 12.3. The van der Waals surface area contributed by atoms with E-state index >= 15 is 0 Å². The summed E-state index contributed by atoms with van der Waals surface area (Å²) < 4.78 is 27.1. The van der Waals surface area contributed by atoms with Crippen LogP contribution in [-0.2, 0) is 10.0 Å². The molecule has 0 aliphatic carbocycles. The van der Waals surface area contributed by atoms with Gasteiger partial charge in [0, 0.05) is 23.2 Å². The second kappa shape index (κ2) is 5.20. The van der Waals surface area contributed by atoms with Crippen LogP contribution in [0.3, 0.4) is 0 Å². The molecule has 3 N–H and O–H groups in total. The minimum atomic E-state index is -3.68. The fourth-order valence-electron chi connectivity index (χ4n) is 1.68. The van der Waals surface area contributed by atoms with Gasteiger partial charge in [0.25, 0.3) is 0 Å². The first-order chi connectivity index (χ1) is 8.92. The lowest BCUT2D eigenvalue weighted by molar-refractivity contribution is 0.580. The Bertz CT molecular complexity index is 723. The third kappa shape index (κ3) is 2.89. The SMILES string of the molecule is CC(NS(=O)(=O)c1cccc2cnccc12)C(N)=S. The second-order valence-corrected chi connectivity index (χ2v) is 6.25. The Labute approximate surface area is 116 Å². The number of thiocarbonyl (C=S) groups is 1. The molecule has 0 aliphatic heterocycles. The van der Waals surface area contributed by atoms with Crippen molar-refractivity contribution in [3.05, 3.63) is 36.7 Å². The standard InChI is InChI=1S/C12H13N3O2S2/c1-8(12(13)18)15-19(16,17)11-4-2-3-9-7-14-6-5-10(9)11/h2-8,15H,1H3,(H2,13,18). The summed E-state index contributed by atoms with van der Waals surface area (Å²) in [6.45, 7) is 1.60. The summed E-state index contributed by atoms with van der Waals surface area (Å²) in [5.74, 6) is 0. The molecule has 2 rings (SSSR count). The lowest BCUT2D eigenvalue weighted by atomic mass is 10.2. The van der Waals surface area contributed by atoms with Gasteiger partial charge in [-0.15, -0.1) is 0 Å². The Kier molecular flexibility index (Phi) is 3.79. The van der Waals surface area contributed by atoms with Gasteiger partial charge in [-0.3, -0.25) is 4.98 Å². The van der Waals surface area contributed by atoms with Crippen LogP contribution in [0.5, 0.6) is 0 Å². The van der Waals surface area contributed by atoms with Crippen molar-refractivity contribution >= 4 is 38.0 Å². The van der Waals surface area contributed by atoms with E-state index in [-0.39, 0.29) is 9.88 Å². The molecule has 0 saturated carbocycles. The number of nitrogens with zero attached hydrogens (tertiary/aromatic N) is 1. The highest BCUT2D eigenvalue weighted by Gasteiger charge is 2.20. The zero-order valence-corrected chi connectivity index (χ0v) is 11.8. The third-order valence-corrected chi connectivity index (χ3v) is 4.64. The lowest BCUT2D eigenvalue weighted by Gasteiger charge is -2.14. The van der Waals surface area contributed by atoms with Gasteiger partial charge in [0.2, 0.25) is 10.0 Å². The van der Waals surface area contributed by atoms with Gasteiger partial charge < -0.3 is 5.73 Å². The minimum absolute atomic E-state index is 0.102. The predicted molar refractivity (Wildman–Crippen MR) is 78.3 cm³/mol. The molecule has 0 radical (unpaired) electrons. The fourth-order valence-corrected chi connectivity index (χ4v) is 3.27. The predicted octanol–water partition coefficient (Wildman–Crippen LogP) is 1.19. The van der Waals surface area contributed by atoms with Gasteiger partial charge in [-0.25, -0.2) is 13.1 Å². The van der Waals surface area contributed by atoms with Crippen LogP contribution < -0.4 is 10.5 Å². The average Bonchev–Trinajstić information content (AvgIpc) is 2.37. The minimum Gasteiger partial charge on any atom is -0.392 e. The normalized spacial score (nSPS) is 13.3. The van der Waals surface area contributed by atoms with Crippen molar-refractivity contribution in [1.82, 2.24) is 9.71 Å². The van der Waals surface area contributed by atoms with Crippen LogP contribution in [0.15, 0.2) is 41.6 Å². The van der Waals surface area contributed by atoms with Crippen molar-refractivity contribution in [2.24, 2.45) is 5.73 Å². The molecule has 19 heavy (non-hydrogen) atoms. The summed E-state index contributed by atoms with van der Waals surface area (Å²) in [6.07, 6.45) is 3.17. The molecule has 5 nitrogen and oxygen atoms in total. The lowest BCUT2D eigenvalue weighted by Crippen LogP contribution is -2.41. The number of fused-ring (bicyclic) bond motifs is 1. The van der Waals surface area contributed by atoms with Crippen molar-refractivity contribution in [3.8, 4) is 0 Å². The molecule has 100 valence electrons. The van der Waals surface area contributed by atoms with Gasteiger partial charge in [-0.1, -0.05) is 24.4 Å². The molecule has 1 aromatic heterocycles. The third-order valence-electron chi connectivity index (χ3n) is 2.69. The first-order valence-corrected chi connectivity index (χ1v) is 7.45. The van der Waals surface area contributed by atoms with Crippen LogP contribution >= 0.6 is 12.2 Å². The van der Waals surface area contributed by atoms with E-state index < -0.39 is 16.1 Å². The molecule has 2 aromatic rings. The molecule has 0 spiro atoms. The number of nitrogens with one attached hydrogen (secondary N) is 1. The number of hydrogen-bond acceptors (Lipinski definition) is 4. The van der Waals surface area contributed by atoms with Gasteiger partial charge >= 0.3 is 0 Å². The van der Waals surface area contributed by atoms with E-state index in [1.165, 1.54) is 6.07 Å². The van der Waals surface area contributed by atoms with E-state index in [0.717, 1.165) is 5.39 Å². The first-order valence-electron chi connectivity index (χ1n) is 5.56. The Morgan fingerprint density at radius 1 is 1.42 bits per heavy atom. The number of rotatable bonds is 4. The van der Waals surface area contributed by atoms with Gasteiger partial charge in [0.05, 0.1) is 15.9 Å². The van der Waals surface area contributed by atoms with Crippen LogP contribution in [0, 0.1) is 0 Å². The Morgan fingerprint density at radius 2 is 2.16 bits per heavy atom. The molecular formula is C12H13N3O2S2. The van der Waals surface area contributed by atoms with E-state index in [0.29, 0.717) is 5.39 Å². The molecule has 1 atom stereocenters. The summed E-state index contributed by atoms with van der Waals surface area (Å²) in [4.78, 5) is 4.26. The van der Waals surface area contributed by atoms with Crippen LogP contribution in [0.2, 0.25) is 0 Å². The molecule has 0 amide bonds. The summed E-state index contributed by atoms with van der Waals surface area (Å²) in [6, 6.07) is 6.08. The van der Waals surface area contributed by atoms with E-state index in [2.05, 4.69) is 9.71 Å². The van der Waals surface area contributed by atoms with Gasteiger partial charge in [-0.05, 0) is 19.1 Å². The number of benzene rings is 1. The quantitative estimate of drug-likeness (QED) is 0.828. The van der Waals surface area contributed by atoms with Crippen molar-refractivity contribution < 1.29 is 8.42 Å². The topological polar surface area (TPSA) is 85.1 Å². The Morgan fingerprint density at radius 3 is 2.84 bits per heavy atom. The molecule has 7 heteroatoms. The maximum Gasteiger partial charge on any atom is 0.241 e. The molecule has 0 aliphatic rings. The van der Waals surface area contributed by atoms with Crippen molar-refractivity contribution in [3.63, 3.8) is 0 Å². The van der Waals surface area contributed by atoms with Gasteiger partial charge in [-0.2, -0.15) is 0 Å². The van der Waals surface area contributed by atoms with Crippen molar-refractivity contribution in [1.29, 1.82) is 0 Å². The van der Waals surface area contributed by atoms with Crippen LogP contribution in [0.25, 0.3) is 10.8 Å². The highest BCUT2D eigenvalue weighted by Crippen LogP contribution is 2.21. The second-order valence-electron chi connectivity index (χ2n) is 4.10. The van der Waals surface area contributed by atoms with E-state index in [1.807, 2.05) is 0 Å². The van der Waals surface area contributed by atoms with Crippen LogP contribution in [0.4, 0.5) is 0 Å². The first kappa shape index (κ1) is 13.9. The van der Waals surface area contributed by atoms with Crippen molar-refractivity contribution in [2.75, 3.05) is 0 Å². The summed E-state index contributed by atoms with van der Waals surface area (Å²) >= 11 is 4.77. The van der Waals surface area contributed by atoms with E-state index in [1.54, 1.807) is 37.5 Å². The van der Waals surface area contributed by atoms with Gasteiger partial charge in [0.1, 0.15) is 0 Å². The number of nitrogens with two attached hydrogens (primary N) is 1. The molecule has 0 fully saturated rings. The smallest absolute Gasteiger partial charge is 0.241 e. The number of aromatic nitrogens is 1. The molecular weight excluding hydrogens is 282 g/mol. The van der Waals surface area contributed by atoms with Crippen molar-refractivity contribution in [2.45, 2.75) is 17.9 Å². The van der Waals surface area contributed by atoms with E-state index in [9.17, 15) is 8.42 Å². The number of pyridine rings is 1. The average molecular weight is 295 g/mol. The van der Waals surface area contributed by atoms with E-state index in [4.69, 9.17) is 18.0 Å². The fraction of sp³-hybridized carbons (Fsp3) is 0.167. The zero-order chi connectivity index (χ0) is 14.0. The molecule has 1 unspecified atom stereocenters. The monoisotopic (exact) mass is 295 g/mol. The molecule has 0 bridgehead atoms. The largest absolute Gasteiger partial charge is 0.392 e. The summed E-state index contributed by atoms with van der Waals surface area (Å²) in [7, 11) is -3.68. The maximum absolute atomic E-state index is 12.3. The van der Waals surface area contributed by atoms with Crippen LogP contribution in [-0.4, -0.2) is 24.4 Å². The highest BCUT2D eigenvalue weighted by molar-refractivity contribution is 7.90. The molecule has 1 aromatic carbocycles.